The third-order valence-corrected chi connectivity index (χ3v) is 3.44. The van der Waals surface area contributed by atoms with Crippen LogP contribution in [0.3, 0.4) is 0 Å². The number of rotatable bonds is 5. The standard InChI is InChI=1S/C13H17BrN2O2/c1-3-11(14)13(18)16-10-7-5-6-9(8-10)12(17)15-4-2/h5-8,11H,3-4H2,1-2H3,(H,15,17)(H,16,18). The fraction of sp³-hybridized carbons (Fsp3) is 0.385. The molecule has 2 amide bonds. The zero-order valence-electron chi connectivity index (χ0n) is 10.5. The molecule has 0 bridgehead atoms. The van der Waals surface area contributed by atoms with Gasteiger partial charge in [-0.2, -0.15) is 0 Å². The first-order chi connectivity index (χ1) is 8.58. The summed E-state index contributed by atoms with van der Waals surface area (Å²) in [7, 11) is 0. The SMILES string of the molecule is CCNC(=O)c1cccc(NC(=O)C(Br)CC)c1. The Balaban J connectivity index is 2.76. The average molecular weight is 313 g/mol. The third-order valence-electron chi connectivity index (χ3n) is 2.37. The van der Waals surface area contributed by atoms with Crippen LogP contribution in [-0.2, 0) is 4.79 Å². The highest BCUT2D eigenvalue weighted by molar-refractivity contribution is 9.10. The van der Waals surface area contributed by atoms with E-state index in [-0.39, 0.29) is 16.6 Å². The molecule has 0 aliphatic heterocycles. The number of amides is 2. The van der Waals surface area contributed by atoms with Crippen molar-refractivity contribution >= 4 is 33.4 Å². The van der Waals surface area contributed by atoms with E-state index in [0.29, 0.717) is 24.2 Å². The highest BCUT2D eigenvalue weighted by atomic mass is 79.9. The van der Waals surface area contributed by atoms with E-state index in [4.69, 9.17) is 0 Å². The Kier molecular flexibility index (Phi) is 5.85. The Morgan fingerprint density at radius 1 is 1.33 bits per heavy atom. The molecule has 0 aromatic heterocycles. The molecule has 0 heterocycles. The van der Waals surface area contributed by atoms with Crippen molar-refractivity contribution in [2.45, 2.75) is 25.1 Å². The molecule has 98 valence electrons. The van der Waals surface area contributed by atoms with Crippen LogP contribution < -0.4 is 10.6 Å². The van der Waals surface area contributed by atoms with Crippen LogP contribution in [0.25, 0.3) is 0 Å². The van der Waals surface area contributed by atoms with E-state index in [9.17, 15) is 9.59 Å². The molecule has 1 unspecified atom stereocenters. The number of halogens is 1. The van der Waals surface area contributed by atoms with Gasteiger partial charge in [0.2, 0.25) is 5.91 Å². The lowest BCUT2D eigenvalue weighted by molar-refractivity contribution is -0.115. The van der Waals surface area contributed by atoms with Gasteiger partial charge in [-0.25, -0.2) is 0 Å². The molecule has 0 radical (unpaired) electrons. The highest BCUT2D eigenvalue weighted by Crippen LogP contribution is 2.13. The van der Waals surface area contributed by atoms with Gasteiger partial charge in [0.05, 0.1) is 4.83 Å². The summed E-state index contributed by atoms with van der Waals surface area (Å²) in [6, 6.07) is 6.88. The Morgan fingerprint density at radius 2 is 2.06 bits per heavy atom. The van der Waals surface area contributed by atoms with Crippen LogP contribution >= 0.6 is 15.9 Å². The summed E-state index contributed by atoms with van der Waals surface area (Å²) in [6.45, 7) is 4.36. The van der Waals surface area contributed by atoms with Gasteiger partial charge in [0.1, 0.15) is 0 Å². The smallest absolute Gasteiger partial charge is 0.251 e. The second kappa shape index (κ2) is 7.16. The van der Waals surface area contributed by atoms with Crippen LogP contribution in [0.2, 0.25) is 0 Å². The number of alkyl halides is 1. The number of carbonyl (C=O) groups excluding carboxylic acids is 2. The first kappa shape index (κ1) is 14.7. The summed E-state index contributed by atoms with van der Waals surface area (Å²) in [6.07, 6.45) is 0.710. The van der Waals surface area contributed by atoms with Crippen molar-refractivity contribution in [3.8, 4) is 0 Å². The molecule has 0 spiro atoms. The van der Waals surface area contributed by atoms with Crippen LogP contribution in [0.1, 0.15) is 30.6 Å². The largest absolute Gasteiger partial charge is 0.352 e. The average Bonchev–Trinajstić information content (AvgIpc) is 2.38. The van der Waals surface area contributed by atoms with Gasteiger partial charge in [0.25, 0.3) is 5.91 Å². The lowest BCUT2D eigenvalue weighted by atomic mass is 10.2. The summed E-state index contributed by atoms with van der Waals surface area (Å²) >= 11 is 3.28. The van der Waals surface area contributed by atoms with Gasteiger partial charge >= 0.3 is 0 Å². The number of anilines is 1. The van der Waals surface area contributed by atoms with Crippen molar-refractivity contribution in [2.75, 3.05) is 11.9 Å². The Morgan fingerprint density at radius 3 is 2.67 bits per heavy atom. The molecular weight excluding hydrogens is 296 g/mol. The minimum absolute atomic E-state index is 0.106. The molecule has 0 aliphatic rings. The van der Waals surface area contributed by atoms with Gasteiger partial charge in [0, 0.05) is 17.8 Å². The molecule has 0 saturated carbocycles. The molecule has 0 fully saturated rings. The van der Waals surface area contributed by atoms with E-state index >= 15 is 0 Å². The Hall–Kier alpha value is -1.36. The molecule has 1 rings (SSSR count). The van der Waals surface area contributed by atoms with Gasteiger partial charge in [-0.3, -0.25) is 9.59 Å². The van der Waals surface area contributed by atoms with E-state index < -0.39 is 0 Å². The van der Waals surface area contributed by atoms with Gasteiger partial charge in [-0.15, -0.1) is 0 Å². The zero-order valence-corrected chi connectivity index (χ0v) is 12.1. The molecule has 1 atom stereocenters. The van der Waals surface area contributed by atoms with Gasteiger partial charge in [0.15, 0.2) is 0 Å². The number of benzene rings is 1. The topological polar surface area (TPSA) is 58.2 Å². The van der Waals surface area contributed by atoms with E-state index in [1.807, 2.05) is 13.8 Å². The molecule has 18 heavy (non-hydrogen) atoms. The molecule has 1 aromatic rings. The Labute approximate surface area is 115 Å². The van der Waals surface area contributed by atoms with Crippen LogP contribution in [0.4, 0.5) is 5.69 Å². The van der Waals surface area contributed by atoms with Crippen molar-refractivity contribution in [2.24, 2.45) is 0 Å². The summed E-state index contributed by atoms with van der Waals surface area (Å²) in [4.78, 5) is 23.1. The van der Waals surface area contributed by atoms with Crippen molar-refractivity contribution in [3.05, 3.63) is 29.8 Å². The number of hydrogen-bond acceptors (Lipinski definition) is 2. The number of nitrogens with one attached hydrogen (secondary N) is 2. The second-order valence-corrected chi connectivity index (χ2v) is 4.91. The maximum atomic E-state index is 11.7. The second-order valence-electron chi connectivity index (χ2n) is 3.81. The van der Waals surface area contributed by atoms with Crippen molar-refractivity contribution < 1.29 is 9.59 Å². The number of carbonyl (C=O) groups is 2. The molecule has 4 nitrogen and oxygen atoms in total. The van der Waals surface area contributed by atoms with Gasteiger partial charge in [-0.05, 0) is 31.5 Å². The van der Waals surface area contributed by atoms with E-state index in [1.165, 1.54) is 0 Å². The van der Waals surface area contributed by atoms with Crippen LogP contribution in [-0.4, -0.2) is 23.2 Å². The van der Waals surface area contributed by atoms with Crippen LogP contribution in [0.15, 0.2) is 24.3 Å². The third kappa shape index (κ3) is 4.14. The van der Waals surface area contributed by atoms with E-state index in [2.05, 4.69) is 26.6 Å². The molecular formula is C13H17BrN2O2. The molecule has 1 aromatic carbocycles. The van der Waals surface area contributed by atoms with Crippen molar-refractivity contribution in [1.82, 2.24) is 5.32 Å². The zero-order chi connectivity index (χ0) is 13.5. The molecule has 5 heteroatoms. The minimum atomic E-state index is -0.217. The molecule has 0 aliphatic carbocycles. The fourth-order valence-electron chi connectivity index (χ4n) is 1.41. The lowest BCUT2D eigenvalue weighted by Gasteiger charge is -2.10. The minimum Gasteiger partial charge on any atom is -0.352 e. The van der Waals surface area contributed by atoms with Gasteiger partial charge in [-0.1, -0.05) is 28.9 Å². The fourth-order valence-corrected chi connectivity index (χ4v) is 1.52. The summed E-state index contributed by atoms with van der Waals surface area (Å²) in [5, 5.41) is 5.48. The van der Waals surface area contributed by atoms with Crippen molar-refractivity contribution in [3.63, 3.8) is 0 Å². The van der Waals surface area contributed by atoms with Crippen molar-refractivity contribution in [1.29, 1.82) is 0 Å². The highest BCUT2D eigenvalue weighted by Gasteiger charge is 2.13. The normalized spacial score (nSPS) is 11.7. The molecule has 0 saturated heterocycles. The van der Waals surface area contributed by atoms with Crippen LogP contribution in [0, 0.1) is 0 Å². The monoisotopic (exact) mass is 312 g/mol. The molecule has 2 N–H and O–H groups in total. The first-order valence-electron chi connectivity index (χ1n) is 5.91. The lowest BCUT2D eigenvalue weighted by Crippen LogP contribution is -2.24. The predicted molar refractivity (Wildman–Crippen MR) is 76.1 cm³/mol. The summed E-state index contributed by atoms with van der Waals surface area (Å²) in [5.41, 5.74) is 1.17. The summed E-state index contributed by atoms with van der Waals surface area (Å²) < 4.78 is 0. The van der Waals surface area contributed by atoms with E-state index in [0.717, 1.165) is 0 Å². The van der Waals surface area contributed by atoms with Gasteiger partial charge < -0.3 is 10.6 Å². The summed E-state index contributed by atoms with van der Waals surface area (Å²) in [5.74, 6) is -0.245. The maximum absolute atomic E-state index is 11.7. The van der Waals surface area contributed by atoms with Crippen LogP contribution in [0.5, 0.6) is 0 Å². The number of hydrogen-bond donors (Lipinski definition) is 2. The van der Waals surface area contributed by atoms with E-state index in [1.54, 1.807) is 24.3 Å². The Bertz CT molecular complexity index is 435. The predicted octanol–water partition coefficient (Wildman–Crippen LogP) is 2.55. The quantitative estimate of drug-likeness (QED) is 0.821. The first-order valence-corrected chi connectivity index (χ1v) is 6.83. The maximum Gasteiger partial charge on any atom is 0.251 e.